The van der Waals surface area contributed by atoms with Crippen molar-refractivity contribution in [2.45, 2.75) is 52.5 Å². The van der Waals surface area contributed by atoms with Crippen LogP contribution in [0.4, 0.5) is 4.79 Å². The smallest absolute Gasteiger partial charge is 0.410 e. The molecular weight excluding hydrogens is 228 g/mol. The van der Waals surface area contributed by atoms with E-state index in [1.807, 2.05) is 4.90 Å². The van der Waals surface area contributed by atoms with Crippen LogP contribution < -0.4 is 5.32 Å². The molecule has 0 saturated carbocycles. The number of carbonyl (C=O) groups excluding carboxylic acids is 1. The zero-order valence-electron chi connectivity index (χ0n) is 12.1. The molecule has 1 amide bonds. The molecule has 0 spiro atoms. The molecule has 1 heterocycles. The summed E-state index contributed by atoms with van der Waals surface area (Å²) in [7, 11) is 0. The number of hydrogen-bond donors (Lipinski definition) is 1. The average molecular weight is 256 g/mol. The molecule has 1 aliphatic rings. The van der Waals surface area contributed by atoms with E-state index in [2.05, 4.69) is 26.1 Å². The number of unbranched alkanes of at least 4 members (excludes halogenated alkanes) is 1. The molecule has 0 radical (unpaired) electrons. The van der Waals surface area contributed by atoms with Crippen molar-refractivity contribution in [1.29, 1.82) is 0 Å². The van der Waals surface area contributed by atoms with Gasteiger partial charge in [0, 0.05) is 19.1 Å². The third kappa shape index (κ3) is 5.25. The van der Waals surface area contributed by atoms with Crippen molar-refractivity contribution in [2.75, 3.05) is 26.2 Å². The van der Waals surface area contributed by atoms with E-state index in [9.17, 15) is 4.79 Å². The number of rotatable bonds is 5. The van der Waals surface area contributed by atoms with E-state index in [1.54, 1.807) is 0 Å². The van der Waals surface area contributed by atoms with Crippen LogP contribution >= 0.6 is 0 Å². The monoisotopic (exact) mass is 256 g/mol. The maximum Gasteiger partial charge on any atom is 0.410 e. The quantitative estimate of drug-likeness (QED) is 0.769. The highest BCUT2D eigenvalue weighted by Gasteiger charge is 2.26. The molecule has 4 heteroatoms. The minimum atomic E-state index is -0.127. The number of carbonyl (C=O) groups is 1. The zero-order valence-corrected chi connectivity index (χ0v) is 12.1. The summed E-state index contributed by atoms with van der Waals surface area (Å²) in [6.45, 7) is 9.75. The molecule has 0 aromatic heterocycles. The van der Waals surface area contributed by atoms with Crippen LogP contribution in [0.5, 0.6) is 0 Å². The summed E-state index contributed by atoms with van der Waals surface area (Å²) >= 11 is 0. The fourth-order valence-electron chi connectivity index (χ4n) is 2.32. The van der Waals surface area contributed by atoms with Gasteiger partial charge in [-0.25, -0.2) is 4.79 Å². The molecule has 4 nitrogen and oxygen atoms in total. The molecule has 0 aromatic carbocycles. The summed E-state index contributed by atoms with van der Waals surface area (Å²) < 4.78 is 5.35. The summed E-state index contributed by atoms with van der Waals surface area (Å²) in [5, 5.41) is 3.41. The van der Waals surface area contributed by atoms with Crippen molar-refractivity contribution >= 4 is 6.09 Å². The molecule has 1 N–H and O–H groups in total. The van der Waals surface area contributed by atoms with Crippen LogP contribution in [0.2, 0.25) is 0 Å². The molecular formula is C14H28N2O2. The Hall–Kier alpha value is -0.770. The van der Waals surface area contributed by atoms with E-state index < -0.39 is 0 Å². The van der Waals surface area contributed by atoms with Gasteiger partial charge in [-0.05, 0) is 31.7 Å². The van der Waals surface area contributed by atoms with Crippen LogP contribution in [0.3, 0.4) is 0 Å². The van der Waals surface area contributed by atoms with Crippen molar-refractivity contribution in [3.8, 4) is 0 Å². The first kappa shape index (κ1) is 15.3. The second-order valence-corrected chi connectivity index (χ2v) is 5.50. The number of ether oxygens (including phenoxy) is 1. The Morgan fingerprint density at radius 3 is 2.94 bits per heavy atom. The lowest BCUT2D eigenvalue weighted by molar-refractivity contribution is 0.0837. The summed E-state index contributed by atoms with van der Waals surface area (Å²) in [6.07, 6.45) is 3.93. The third-order valence-electron chi connectivity index (χ3n) is 3.27. The SMILES string of the molecule is CCCCOC(=O)N1CCCNCC1CC(C)C. The van der Waals surface area contributed by atoms with Gasteiger partial charge in [0.25, 0.3) is 0 Å². The third-order valence-corrected chi connectivity index (χ3v) is 3.27. The molecule has 106 valence electrons. The van der Waals surface area contributed by atoms with Gasteiger partial charge in [-0.2, -0.15) is 0 Å². The number of amides is 1. The lowest BCUT2D eigenvalue weighted by Gasteiger charge is -2.30. The highest BCUT2D eigenvalue weighted by Crippen LogP contribution is 2.15. The van der Waals surface area contributed by atoms with Gasteiger partial charge >= 0.3 is 6.09 Å². The van der Waals surface area contributed by atoms with Crippen LogP contribution in [0, 0.1) is 5.92 Å². The second-order valence-electron chi connectivity index (χ2n) is 5.50. The van der Waals surface area contributed by atoms with Crippen LogP contribution in [0.1, 0.15) is 46.5 Å². The Bertz CT molecular complexity index is 244. The molecule has 1 saturated heterocycles. The van der Waals surface area contributed by atoms with Gasteiger partial charge in [-0.3, -0.25) is 0 Å². The minimum absolute atomic E-state index is 0.127. The first-order valence-corrected chi connectivity index (χ1v) is 7.29. The van der Waals surface area contributed by atoms with Gasteiger partial charge in [0.05, 0.1) is 6.61 Å². The molecule has 1 unspecified atom stereocenters. The summed E-state index contributed by atoms with van der Waals surface area (Å²) in [4.78, 5) is 14.0. The maximum absolute atomic E-state index is 12.1. The predicted molar refractivity (Wildman–Crippen MR) is 73.7 cm³/mol. The fourth-order valence-corrected chi connectivity index (χ4v) is 2.32. The van der Waals surface area contributed by atoms with Gasteiger partial charge in [0.1, 0.15) is 0 Å². The number of hydrogen-bond acceptors (Lipinski definition) is 3. The first-order chi connectivity index (χ1) is 8.65. The van der Waals surface area contributed by atoms with Crippen molar-refractivity contribution in [1.82, 2.24) is 10.2 Å². The molecule has 1 fully saturated rings. The van der Waals surface area contributed by atoms with E-state index in [0.717, 1.165) is 45.3 Å². The molecule has 0 aliphatic carbocycles. The van der Waals surface area contributed by atoms with Crippen molar-refractivity contribution in [3.05, 3.63) is 0 Å². The average Bonchev–Trinajstić information content (AvgIpc) is 2.54. The Morgan fingerprint density at radius 2 is 2.28 bits per heavy atom. The van der Waals surface area contributed by atoms with E-state index in [0.29, 0.717) is 12.5 Å². The van der Waals surface area contributed by atoms with Gasteiger partial charge in [0.2, 0.25) is 0 Å². The predicted octanol–water partition coefficient (Wildman–Crippen LogP) is 2.63. The van der Waals surface area contributed by atoms with Gasteiger partial charge in [-0.1, -0.05) is 27.2 Å². The maximum atomic E-state index is 12.1. The highest BCUT2D eigenvalue weighted by molar-refractivity contribution is 5.68. The minimum Gasteiger partial charge on any atom is -0.449 e. The van der Waals surface area contributed by atoms with Crippen molar-refractivity contribution in [3.63, 3.8) is 0 Å². The van der Waals surface area contributed by atoms with E-state index >= 15 is 0 Å². The van der Waals surface area contributed by atoms with Gasteiger partial charge in [0.15, 0.2) is 0 Å². The lowest BCUT2D eigenvalue weighted by Crippen LogP contribution is -2.44. The standard InChI is InChI=1S/C14H28N2O2/c1-4-5-9-18-14(17)16-8-6-7-15-11-13(16)10-12(2)3/h12-13,15H,4-11H2,1-3H3. The number of nitrogens with zero attached hydrogens (tertiary/aromatic N) is 1. The highest BCUT2D eigenvalue weighted by atomic mass is 16.6. The molecule has 18 heavy (non-hydrogen) atoms. The summed E-state index contributed by atoms with van der Waals surface area (Å²) in [6, 6.07) is 0.279. The molecule has 1 rings (SSSR count). The summed E-state index contributed by atoms with van der Waals surface area (Å²) in [5.41, 5.74) is 0. The van der Waals surface area contributed by atoms with Crippen molar-refractivity contribution in [2.24, 2.45) is 5.92 Å². The van der Waals surface area contributed by atoms with Crippen molar-refractivity contribution < 1.29 is 9.53 Å². The van der Waals surface area contributed by atoms with Crippen LogP contribution in [-0.2, 0) is 4.74 Å². The molecule has 1 aliphatic heterocycles. The van der Waals surface area contributed by atoms with Gasteiger partial charge < -0.3 is 15.0 Å². The Labute approximate surface area is 111 Å². The largest absolute Gasteiger partial charge is 0.449 e. The lowest BCUT2D eigenvalue weighted by atomic mass is 10.0. The van der Waals surface area contributed by atoms with Crippen LogP contribution in [-0.4, -0.2) is 43.3 Å². The van der Waals surface area contributed by atoms with E-state index in [-0.39, 0.29) is 12.1 Å². The summed E-state index contributed by atoms with van der Waals surface area (Å²) in [5.74, 6) is 0.598. The normalized spacial score (nSPS) is 20.9. The van der Waals surface area contributed by atoms with Gasteiger partial charge in [-0.15, -0.1) is 0 Å². The Balaban J connectivity index is 2.52. The van der Waals surface area contributed by atoms with E-state index in [1.165, 1.54) is 0 Å². The molecule has 1 atom stereocenters. The first-order valence-electron chi connectivity index (χ1n) is 7.29. The Kier molecular flexibility index (Phi) is 7.09. The molecule has 0 bridgehead atoms. The Morgan fingerprint density at radius 1 is 1.50 bits per heavy atom. The fraction of sp³-hybridized carbons (Fsp3) is 0.929. The second kappa shape index (κ2) is 8.35. The zero-order chi connectivity index (χ0) is 13.4. The van der Waals surface area contributed by atoms with Crippen LogP contribution in [0.25, 0.3) is 0 Å². The topological polar surface area (TPSA) is 41.6 Å². The molecule has 0 aromatic rings. The number of nitrogens with one attached hydrogen (secondary N) is 1. The van der Waals surface area contributed by atoms with Crippen LogP contribution in [0.15, 0.2) is 0 Å². The van der Waals surface area contributed by atoms with E-state index in [4.69, 9.17) is 4.74 Å².